The SMILES string of the molecule is S=c1[nH]c(-c2nc3ccccc3s2)cs1. The smallest absolute Gasteiger partial charge is 0.158 e. The van der Waals surface area contributed by atoms with E-state index in [1.165, 1.54) is 16.0 Å². The molecule has 0 unspecified atom stereocenters. The molecule has 2 aromatic heterocycles. The van der Waals surface area contributed by atoms with Gasteiger partial charge in [-0.15, -0.1) is 22.7 Å². The predicted octanol–water partition coefficient (Wildman–Crippen LogP) is 4.08. The van der Waals surface area contributed by atoms with Crippen LogP contribution < -0.4 is 0 Å². The van der Waals surface area contributed by atoms with E-state index in [0.717, 1.165) is 20.2 Å². The zero-order chi connectivity index (χ0) is 10.3. The molecule has 74 valence electrons. The molecule has 0 fully saturated rings. The number of nitrogens with one attached hydrogen (secondary N) is 1. The highest BCUT2D eigenvalue weighted by Crippen LogP contribution is 2.29. The highest BCUT2D eigenvalue weighted by Gasteiger charge is 2.06. The van der Waals surface area contributed by atoms with Gasteiger partial charge >= 0.3 is 0 Å². The number of H-pyrrole nitrogens is 1. The van der Waals surface area contributed by atoms with Gasteiger partial charge in [0, 0.05) is 5.38 Å². The van der Waals surface area contributed by atoms with Crippen molar-refractivity contribution >= 4 is 45.1 Å². The van der Waals surface area contributed by atoms with Crippen LogP contribution in [0, 0.1) is 3.95 Å². The van der Waals surface area contributed by atoms with E-state index < -0.39 is 0 Å². The van der Waals surface area contributed by atoms with Gasteiger partial charge in [0.15, 0.2) is 3.95 Å². The third-order valence-electron chi connectivity index (χ3n) is 2.04. The summed E-state index contributed by atoms with van der Waals surface area (Å²) >= 11 is 8.27. The summed E-state index contributed by atoms with van der Waals surface area (Å²) < 4.78 is 2.00. The number of nitrogens with zero attached hydrogens (tertiary/aromatic N) is 1. The van der Waals surface area contributed by atoms with Crippen molar-refractivity contribution in [1.29, 1.82) is 0 Å². The minimum atomic E-state index is 0.796. The topological polar surface area (TPSA) is 28.7 Å². The van der Waals surface area contributed by atoms with E-state index in [1.54, 1.807) is 11.3 Å². The molecular formula is C10H6N2S3. The number of hydrogen-bond donors (Lipinski definition) is 1. The normalized spacial score (nSPS) is 10.9. The van der Waals surface area contributed by atoms with Crippen LogP contribution in [0.1, 0.15) is 0 Å². The van der Waals surface area contributed by atoms with E-state index in [1.807, 2.05) is 23.6 Å². The molecule has 1 N–H and O–H groups in total. The fourth-order valence-corrected chi connectivity index (χ4v) is 3.20. The van der Waals surface area contributed by atoms with Crippen LogP contribution in [0.3, 0.4) is 0 Å². The van der Waals surface area contributed by atoms with Gasteiger partial charge in [0.25, 0.3) is 0 Å². The lowest BCUT2D eigenvalue weighted by molar-refractivity contribution is 1.36. The second-order valence-electron chi connectivity index (χ2n) is 3.05. The average Bonchev–Trinajstić information content (AvgIpc) is 2.82. The number of benzene rings is 1. The van der Waals surface area contributed by atoms with Gasteiger partial charge in [-0.05, 0) is 24.4 Å². The zero-order valence-electron chi connectivity index (χ0n) is 7.56. The van der Waals surface area contributed by atoms with Crippen molar-refractivity contribution in [3.63, 3.8) is 0 Å². The lowest BCUT2D eigenvalue weighted by atomic mass is 10.3. The Kier molecular flexibility index (Phi) is 2.16. The maximum atomic E-state index is 5.05. The van der Waals surface area contributed by atoms with E-state index in [-0.39, 0.29) is 0 Å². The maximum absolute atomic E-state index is 5.05. The highest BCUT2D eigenvalue weighted by molar-refractivity contribution is 7.73. The standard InChI is InChI=1S/C10H6N2S3/c13-10-12-7(5-14-10)9-11-6-3-1-2-4-8(6)15-9/h1-5H,(H,12,13). The Morgan fingerprint density at radius 3 is 2.87 bits per heavy atom. The third kappa shape index (κ3) is 1.62. The molecule has 1 aromatic carbocycles. The van der Waals surface area contributed by atoms with Crippen LogP contribution >= 0.6 is 34.9 Å². The molecule has 3 rings (SSSR count). The van der Waals surface area contributed by atoms with Crippen LogP contribution in [0.2, 0.25) is 0 Å². The molecule has 0 amide bonds. The first kappa shape index (κ1) is 9.21. The van der Waals surface area contributed by atoms with E-state index in [9.17, 15) is 0 Å². The molecule has 0 atom stereocenters. The van der Waals surface area contributed by atoms with Crippen molar-refractivity contribution in [2.24, 2.45) is 0 Å². The minimum Gasteiger partial charge on any atom is -0.335 e. The predicted molar refractivity (Wildman–Crippen MR) is 68.1 cm³/mol. The molecule has 5 heteroatoms. The lowest BCUT2D eigenvalue weighted by Crippen LogP contribution is -1.73. The Bertz CT molecular complexity index is 629. The molecule has 15 heavy (non-hydrogen) atoms. The van der Waals surface area contributed by atoms with Gasteiger partial charge in [0.1, 0.15) is 5.01 Å². The van der Waals surface area contributed by atoms with Crippen molar-refractivity contribution in [3.05, 3.63) is 33.6 Å². The molecule has 3 aromatic rings. The van der Waals surface area contributed by atoms with Crippen molar-refractivity contribution in [1.82, 2.24) is 9.97 Å². The van der Waals surface area contributed by atoms with Gasteiger partial charge in [-0.3, -0.25) is 0 Å². The number of aromatic nitrogens is 2. The molecule has 2 heterocycles. The fourth-order valence-electron chi connectivity index (χ4n) is 1.37. The first-order chi connectivity index (χ1) is 7.33. The number of fused-ring (bicyclic) bond motifs is 1. The minimum absolute atomic E-state index is 0.796. The summed E-state index contributed by atoms with van der Waals surface area (Å²) in [4.78, 5) is 7.68. The largest absolute Gasteiger partial charge is 0.335 e. The van der Waals surface area contributed by atoms with Gasteiger partial charge < -0.3 is 4.98 Å². The third-order valence-corrected chi connectivity index (χ3v) is 4.17. The Morgan fingerprint density at radius 2 is 2.13 bits per heavy atom. The second kappa shape index (κ2) is 3.52. The van der Waals surface area contributed by atoms with Crippen LogP contribution in [0.15, 0.2) is 29.6 Å². The van der Waals surface area contributed by atoms with Crippen LogP contribution in [0.25, 0.3) is 20.9 Å². The second-order valence-corrected chi connectivity index (χ2v) is 5.63. The molecule has 0 aliphatic rings. The van der Waals surface area contributed by atoms with Crippen LogP contribution in [0.5, 0.6) is 0 Å². The first-order valence-electron chi connectivity index (χ1n) is 4.37. The van der Waals surface area contributed by atoms with Gasteiger partial charge in [-0.2, -0.15) is 0 Å². The molecule has 0 radical (unpaired) electrons. The fraction of sp³-hybridized carbons (Fsp3) is 0. The van der Waals surface area contributed by atoms with Crippen molar-refractivity contribution < 1.29 is 0 Å². The lowest BCUT2D eigenvalue weighted by Gasteiger charge is -1.85. The van der Waals surface area contributed by atoms with Gasteiger partial charge in [0.05, 0.1) is 15.9 Å². The quantitative estimate of drug-likeness (QED) is 0.659. The molecule has 0 saturated carbocycles. The number of thiazole rings is 2. The number of aromatic amines is 1. The zero-order valence-corrected chi connectivity index (χ0v) is 10.0. The summed E-state index contributed by atoms with van der Waals surface area (Å²) in [6.07, 6.45) is 0. The Morgan fingerprint density at radius 1 is 1.27 bits per heavy atom. The summed E-state index contributed by atoms with van der Waals surface area (Å²) in [6, 6.07) is 8.13. The van der Waals surface area contributed by atoms with Gasteiger partial charge in [0.2, 0.25) is 0 Å². The van der Waals surface area contributed by atoms with Gasteiger partial charge in [-0.25, -0.2) is 4.98 Å². The molecular weight excluding hydrogens is 244 g/mol. The van der Waals surface area contributed by atoms with Crippen LogP contribution in [-0.2, 0) is 0 Å². The summed E-state index contributed by atoms with van der Waals surface area (Å²) in [5.74, 6) is 0. The summed E-state index contributed by atoms with van der Waals surface area (Å²) in [7, 11) is 0. The van der Waals surface area contributed by atoms with Crippen molar-refractivity contribution in [2.45, 2.75) is 0 Å². The molecule has 0 aliphatic carbocycles. The van der Waals surface area contributed by atoms with Crippen LogP contribution in [0.4, 0.5) is 0 Å². The van der Waals surface area contributed by atoms with Gasteiger partial charge in [-0.1, -0.05) is 12.1 Å². The summed E-state index contributed by atoms with van der Waals surface area (Å²) in [5, 5.41) is 3.02. The average molecular weight is 250 g/mol. The molecule has 2 nitrogen and oxygen atoms in total. The van der Waals surface area contributed by atoms with Crippen molar-refractivity contribution in [3.8, 4) is 10.7 Å². The van der Waals surface area contributed by atoms with Crippen molar-refractivity contribution in [2.75, 3.05) is 0 Å². The number of para-hydroxylation sites is 1. The highest BCUT2D eigenvalue weighted by atomic mass is 32.1. The van der Waals surface area contributed by atoms with E-state index in [0.29, 0.717) is 0 Å². The van der Waals surface area contributed by atoms with E-state index >= 15 is 0 Å². The monoisotopic (exact) mass is 250 g/mol. The van der Waals surface area contributed by atoms with E-state index in [2.05, 4.69) is 16.0 Å². The summed E-state index contributed by atoms with van der Waals surface area (Å²) in [6.45, 7) is 0. The number of rotatable bonds is 1. The first-order valence-corrected chi connectivity index (χ1v) is 6.47. The van der Waals surface area contributed by atoms with E-state index in [4.69, 9.17) is 12.2 Å². The number of hydrogen-bond acceptors (Lipinski definition) is 4. The van der Waals surface area contributed by atoms with Crippen LogP contribution in [-0.4, -0.2) is 9.97 Å². The molecule has 0 spiro atoms. The Balaban J connectivity index is 2.24. The Labute approximate surface area is 99.2 Å². The maximum Gasteiger partial charge on any atom is 0.158 e. The molecule has 0 bridgehead atoms. The molecule has 0 aliphatic heterocycles. The molecule has 0 saturated heterocycles. The summed E-state index contributed by atoms with van der Waals surface area (Å²) in [5.41, 5.74) is 2.06. The Hall–Kier alpha value is -1.04.